The number of imide groups is 2. The lowest BCUT2D eigenvalue weighted by Gasteiger charge is -2.43. The summed E-state index contributed by atoms with van der Waals surface area (Å²) in [4.78, 5) is 146. The van der Waals surface area contributed by atoms with E-state index in [2.05, 4.69) is 58.6 Å². The van der Waals surface area contributed by atoms with Gasteiger partial charge in [0.2, 0.25) is 41.4 Å². The van der Waals surface area contributed by atoms with E-state index in [1.807, 2.05) is 42.1 Å². The van der Waals surface area contributed by atoms with Crippen LogP contribution in [-0.2, 0) is 61.0 Å². The Morgan fingerprint density at radius 2 is 1.63 bits per heavy atom. The molecule has 2 aliphatic carbocycles. The van der Waals surface area contributed by atoms with Crippen molar-refractivity contribution in [1.29, 1.82) is 0 Å². The Morgan fingerprint density at radius 3 is 2.37 bits per heavy atom. The highest BCUT2D eigenvalue weighted by Crippen LogP contribution is 2.41. The van der Waals surface area contributed by atoms with Crippen LogP contribution in [0, 0.1) is 17.8 Å². The number of nitrogens with one attached hydrogen (secondary N) is 5. The summed E-state index contributed by atoms with van der Waals surface area (Å²) in [6, 6.07) is 15.9. The fraction of sp³-hybridized carbons (Fsp3) is 0.479. The molecule has 2 unspecified atom stereocenters. The number of piperidine rings is 1. The molecular weight excluding hydrogens is 1290 g/mol. The number of carbonyl (C=O) groups is 10. The Bertz CT molecular complexity index is 4020. The van der Waals surface area contributed by atoms with Gasteiger partial charge in [-0.3, -0.25) is 53.4 Å². The molecule has 532 valence electrons. The number of likely N-dealkylation sites (N-methyl/N-ethyl adjacent to an activating group) is 1. The number of carbonyl (C=O) groups excluding carboxylic acids is 10. The largest absolute Gasteiger partial charge is 0.495 e. The standard InChI is InChI=1S/C73H87N15O13/c1-6-57-71(97)83(4)59-40-75-72(80-67(59)88(57)52-17-9-10-18-52)77-55-30-23-48(39-60(55)99-5)56-43-87(82-81-56)51-28-26-50(27-29-51)84(36-38-100-37-13-11-15-47-16-14-19-53-54(47)42-86(70(53)96)58-31-32-62(90)79-68(58)94)73(98)101-44-46-21-24-49(25-22-46)76-63(91)41-74-69(95)66(45(2)3)78-61(89)20-8-7-12-35-85-64(92)33-34-65(85)93/h14,16,19,21-25,30,33-34,39-40,43,45,50-52,57-58,66H,6-10,12-13,17-18,20,26-29,31-32,35-38,41-42,44H2,1-5H3,(H,74,95)(H,76,91)(H,78,89)(H,75,77,80)(H,79,90,94)/t50?,51?,57-,58?,66?/m1/s1. The molecule has 11 rings (SSSR count). The minimum absolute atomic E-state index is 0.0134. The predicted molar refractivity (Wildman–Crippen MR) is 372 cm³/mol. The van der Waals surface area contributed by atoms with Gasteiger partial charge < -0.3 is 55.1 Å². The second kappa shape index (κ2) is 33.1. The van der Waals surface area contributed by atoms with Crippen molar-refractivity contribution in [2.45, 2.75) is 173 Å². The van der Waals surface area contributed by atoms with E-state index in [-0.39, 0.29) is 131 Å². The topological polar surface area (TPSA) is 331 Å². The van der Waals surface area contributed by atoms with Gasteiger partial charge >= 0.3 is 6.09 Å². The average molecular weight is 1380 g/mol. The summed E-state index contributed by atoms with van der Waals surface area (Å²) in [6.45, 7) is 6.31. The van der Waals surface area contributed by atoms with E-state index in [1.54, 1.807) is 80.4 Å². The first kappa shape index (κ1) is 71.7. The van der Waals surface area contributed by atoms with Crippen LogP contribution in [0.25, 0.3) is 11.3 Å². The zero-order valence-electron chi connectivity index (χ0n) is 57.7. The second-order valence-electron chi connectivity index (χ2n) is 26.5. The first-order valence-corrected chi connectivity index (χ1v) is 34.9. The first-order chi connectivity index (χ1) is 48.8. The van der Waals surface area contributed by atoms with Gasteiger partial charge in [0.1, 0.15) is 41.9 Å². The highest BCUT2D eigenvalue weighted by molar-refractivity contribution is 6.13. The van der Waals surface area contributed by atoms with Gasteiger partial charge in [-0.1, -0.05) is 81.4 Å². The van der Waals surface area contributed by atoms with Gasteiger partial charge in [0.25, 0.3) is 17.7 Å². The fourth-order valence-corrected chi connectivity index (χ4v) is 14.0. The number of hydrogen-bond acceptors (Lipinski definition) is 19. The van der Waals surface area contributed by atoms with Crippen molar-refractivity contribution in [2.24, 2.45) is 5.92 Å². The second-order valence-corrected chi connectivity index (χ2v) is 26.5. The molecule has 10 amide bonds. The zero-order valence-corrected chi connectivity index (χ0v) is 57.7. The molecule has 3 aromatic carbocycles. The van der Waals surface area contributed by atoms with Gasteiger partial charge in [0.05, 0.1) is 51.0 Å². The maximum Gasteiger partial charge on any atom is 0.410 e. The molecule has 6 heterocycles. The van der Waals surface area contributed by atoms with Crippen LogP contribution >= 0.6 is 0 Å². The summed E-state index contributed by atoms with van der Waals surface area (Å²) in [5.41, 5.74) is 5.72. The van der Waals surface area contributed by atoms with Crippen molar-refractivity contribution < 1.29 is 62.2 Å². The molecule has 5 N–H and O–H groups in total. The van der Waals surface area contributed by atoms with Gasteiger partial charge in [0.15, 0.2) is 5.82 Å². The highest BCUT2D eigenvalue weighted by atomic mass is 16.6. The van der Waals surface area contributed by atoms with Crippen molar-refractivity contribution in [1.82, 2.24) is 55.6 Å². The molecule has 0 bridgehead atoms. The van der Waals surface area contributed by atoms with Crippen LogP contribution in [-0.4, -0.2) is 176 Å². The van der Waals surface area contributed by atoms with Crippen LogP contribution in [0.3, 0.4) is 0 Å². The van der Waals surface area contributed by atoms with E-state index in [4.69, 9.17) is 19.2 Å². The summed E-state index contributed by atoms with van der Waals surface area (Å²) in [7, 11) is 3.37. The lowest BCUT2D eigenvalue weighted by molar-refractivity contribution is -0.138. The first-order valence-electron chi connectivity index (χ1n) is 34.9. The molecule has 0 spiro atoms. The minimum Gasteiger partial charge on any atom is -0.495 e. The molecule has 28 heteroatoms. The highest BCUT2D eigenvalue weighted by Gasteiger charge is 2.43. The number of nitrogens with zero attached hydrogens (tertiary/aromatic N) is 10. The predicted octanol–water partition coefficient (Wildman–Crippen LogP) is 7.01. The van der Waals surface area contributed by atoms with E-state index in [0.29, 0.717) is 109 Å². The summed E-state index contributed by atoms with van der Waals surface area (Å²) < 4.78 is 19.8. The molecule has 2 aromatic heterocycles. The molecule has 2 saturated carbocycles. The van der Waals surface area contributed by atoms with Crippen LogP contribution in [0.5, 0.6) is 5.75 Å². The number of fused-ring (bicyclic) bond motifs is 2. The molecule has 28 nitrogen and oxygen atoms in total. The van der Waals surface area contributed by atoms with Crippen molar-refractivity contribution in [2.75, 3.05) is 67.4 Å². The molecule has 6 aliphatic rings. The fourth-order valence-electron chi connectivity index (χ4n) is 14.0. The lowest BCUT2D eigenvalue weighted by Crippen LogP contribution is -2.55. The van der Waals surface area contributed by atoms with Crippen molar-refractivity contribution in [3.8, 4) is 28.8 Å². The SMILES string of the molecule is CC[C@@H]1C(=O)N(C)c2cnc(Nc3ccc(-c4cn(C5CCC(N(CCOCCC#Cc6cccc7c6CN(C6CCC(=O)NC6=O)C7=O)C(=O)OCc6ccc(NC(=O)CNC(=O)C(NC(=O)CCCCCN7C(=O)C=CC7=O)C(C)C)cc6)CC5)nn4)cc3OC)nc2N1C1CCCC1. The summed E-state index contributed by atoms with van der Waals surface area (Å²) >= 11 is 0. The lowest BCUT2D eigenvalue weighted by atomic mass is 9.90. The van der Waals surface area contributed by atoms with E-state index in [1.165, 1.54) is 17.1 Å². The number of unbranched alkanes of at least 4 members (excludes halogenated alkanes) is 2. The molecule has 1 saturated heterocycles. The van der Waals surface area contributed by atoms with Crippen molar-refractivity contribution in [3.05, 3.63) is 107 Å². The number of benzene rings is 3. The Balaban J connectivity index is 0.683. The molecule has 101 heavy (non-hydrogen) atoms. The smallest absolute Gasteiger partial charge is 0.410 e. The maximum absolute atomic E-state index is 14.2. The van der Waals surface area contributed by atoms with Crippen LogP contribution in [0.15, 0.2) is 85.2 Å². The summed E-state index contributed by atoms with van der Waals surface area (Å²) in [5.74, 6) is 4.60. The number of anilines is 5. The number of aromatic nitrogens is 5. The maximum atomic E-state index is 14.2. The Hall–Kier alpha value is -10.6. The monoisotopic (exact) mass is 1380 g/mol. The molecule has 0 radical (unpaired) electrons. The summed E-state index contributed by atoms with van der Waals surface area (Å²) in [6.07, 6.45) is 15.6. The van der Waals surface area contributed by atoms with Gasteiger partial charge in [-0.25, -0.2) is 14.5 Å². The van der Waals surface area contributed by atoms with Gasteiger partial charge in [-0.15, -0.1) is 5.10 Å². The van der Waals surface area contributed by atoms with E-state index in [9.17, 15) is 47.9 Å². The average Bonchev–Trinajstić information content (AvgIpc) is 1.64. The Kier molecular flexibility index (Phi) is 23.5. The van der Waals surface area contributed by atoms with Crippen LogP contribution in [0.1, 0.15) is 157 Å². The number of ether oxygens (including phenoxy) is 3. The Morgan fingerprint density at radius 1 is 0.861 bits per heavy atom. The minimum atomic E-state index is -0.888. The third kappa shape index (κ3) is 17.2. The van der Waals surface area contributed by atoms with Gasteiger partial charge in [0, 0.05) is 92.6 Å². The zero-order chi connectivity index (χ0) is 71.3. The third-order valence-electron chi connectivity index (χ3n) is 19.5. The normalized spacial score (nSPS) is 19.2. The number of methoxy groups -OCH3 is 1. The van der Waals surface area contributed by atoms with Gasteiger partial charge in [-0.2, -0.15) is 4.98 Å². The van der Waals surface area contributed by atoms with Crippen molar-refractivity contribution in [3.63, 3.8) is 0 Å². The van der Waals surface area contributed by atoms with Gasteiger partial charge in [-0.05, 0) is 118 Å². The molecular formula is C73H87N15O13. The number of amides is 10. The number of rotatable bonds is 28. The van der Waals surface area contributed by atoms with E-state index < -0.39 is 35.9 Å². The Labute approximate surface area is 586 Å². The molecule has 3 atom stereocenters. The molecule has 3 fully saturated rings. The third-order valence-corrected chi connectivity index (χ3v) is 19.5. The van der Waals surface area contributed by atoms with E-state index in [0.717, 1.165) is 47.5 Å². The quantitative estimate of drug-likeness (QED) is 0.0191. The van der Waals surface area contributed by atoms with Crippen LogP contribution in [0.2, 0.25) is 0 Å². The molecule has 4 aliphatic heterocycles. The molecule has 5 aromatic rings. The van der Waals surface area contributed by atoms with Crippen molar-refractivity contribution >= 4 is 88.1 Å². The van der Waals surface area contributed by atoms with Crippen LogP contribution < -0.4 is 41.1 Å². The number of hydrogen-bond donors (Lipinski definition) is 5. The summed E-state index contributed by atoms with van der Waals surface area (Å²) in [5, 5.41) is 23.0. The van der Waals surface area contributed by atoms with E-state index >= 15 is 0 Å². The van der Waals surface area contributed by atoms with Crippen LogP contribution in [0.4, 0.5) is 33.6 Å².